The molecule has 0 spiro atoms. The second-order valence-electron chi connectivity index (χ2n) is 7.64. The number of ether oxygens (including phenoxy) is 4. The minimum atomic E-state index is -1.54. The SMILES string of the molecule is COc1cc(O)cc2c1C(=O)C[C@H](c1ccc(O[C@@H]3O[C@H](CO)[C@@H](O)[C@H](O)[C@H]3O)cc1)O2. The van der Waals surface area contributed by atoms with Crippen LogP contribution in [0, 0.1) is 0 Å². The Kier molecular flexibility index (Phi) is 6.22. The molecule has 2 aromatic rings. The van der Waals surface area contributed by atoms with E-state index in [0.29, 0.717) is 11.3 Å². The first-order valence-electron chi connectivity index (χ1n) is 10.0. The summed E-state index contributed by atoms with van der Waals surface area (Å²) in [6, 6.07) is 9.20. The highest BCUT2D eigenvalue weighted by molar-refractivity contribution is 6.02. The molecule has 0 aliphatic carbocycles. The lowest BCUT2D eigenvalue weighted by Gasteiger charge is -2.39. The van der Waals surface area contributed by atoms with Gasteiger partial charge in [-0.2, -0.15) is 0 Å². The number of carbonyl (C=O) groups is 1. The highest BCUT2D eigenvalue weighted by Gasteiger charge is 2.44. The Hall–Kier alpha value is -2.89. The highest BCUT2D eigenvalue weighted by atomic mass is 16.7. The molecule has 0 bridgehead atoms. The van der Waals surface area contributed by atoms with Gasteiger partial charge in [-0.05, 0) is 17.7 Å². The van der Waals surface area contributed by atoms with Crippen LogP contribution in [0.15, 0.2) is 36.4 Å². The fraction of sp³-hybridized carbons (Fsp3) is 0.409. The molecule has 5 N–H and O–H groups in total. The van der Waals surface area contributed by atoms with Gasteiger partial charge < -0.3 is 44.5 Å². The van der Waals surface area contributed by atoms with Crippen molar-refractivity contribution in [3.05, 3.63) is 47.5 Å². The summed E-state index contributed by atoms with van der Waals surface area (Å²) < 4.78 is 22.0. The van der Waals surface area contributed by atoms with Crippen molar-refractivity contribution in [3.63, 3.8) is 0 Å². The van der Waals surface area contributed by atoms with Crippen molar-refractivity contribution in [3.8, 4) is 23.0 Å². The molecule has 4 rings (SSSR count). The maximum atomic E-state index is 12.7. The van der Waals surface area contributed by atoms with Crippen molar-refractivity contribution >= 4 is 5.78 Å². The lowest BCUT2D eigenvalue weighted by Crippen LogP contribution is -2.60. The van der Waals surface area contributed by atoms with Crippen LogP contribution in [0.3, 0.4) is 0 Å². The van der Waals surface area contributed by atoms with E-state index in [-0.39, 0.29) is 35.0 Å². The average Bonchev–Trinajstić information content (AvgIpc) is 2.78. The average molecular weight is 448 g/mol. The van der Waals surface area contributed by atoms with Gasteiger partial charge in [-0.3, -0.25) is 4.79 Å². The lowest BCUT2D eigenvalue weighted by molar-refractivity contribution is -0.277. The molecular formula is C22H24O10. The molecule has 2 aromatic carbocycles. The van der Waals surface area contributed by atoms with E-state index in [0.717, 1.165) is 0 Å². The van der Waals surface area contributed by atoms with Crippen molar-refractivity contribution in [2.75, 3.05) is 13.7 Å². The van der Waals surface area contributed by atoms with E-state index >= 15 is 0 Å². The number of ketones is 1. The second-order valence-corrected chi connectivity index (χ2v) is 7.64. The van der Waals surface area contributed by atoms with Crippen LogP contribution in [-0.4, -0.2) is 75.7 Å². The predicted octanol–water partition coefficient (Wildman–Crippen LogP) is 0.286. The van der Waals surface area contributed by atoms with Gasteiger partial charge in [0, 0.05) is 12.1 Å². The zero-order valence-electron chi connectivity index (χ0n) is 17.1. The number of methoxy groups -OCH3 is 1. The second kappa shape index (κ2) is 8.93. The van der Waals surface area contributed by atoms with Crippen molar-refractivity contribution in [2.45, 2.75) is 43.2 Å². The van der Waals surface area contributed by atoms with E-state index in [4.69, 9.17) is 18.9 Å². The quantitative estimate of drug-likeness (QED) is 0.431. The fourth-order valence-corrected chi connectivity index (χ4v) is 3.82. The van der Waals surface area contributed by atoms with Crippen LogP contribution in [0.4, 0.5) is 0 Å². The molecule has 0 amide bonds. The monoisotopic (exact) mass is 448 g/mol. The highest BCUT2D eigenvalue weighted by Crippen LogP contribution is 2.42. The fourth-order valence-electron chi connectivity index (χ4n) is 3.82. The molecule has 10 heteroatoms. The van der Waals surface area contributed by atoms with Crippen LogP contribution < -0.4 is 14.2 Å². The number of aliphatic hydroxyl groups is 4. The van der Waals surface area contributed by atoms with Crippen LogP contribution in [0.5, 0.6) is 23.0 Å². The molecule has 0 radical (unpaired) electrons. The molecule has 172 valence electrons. The van der Waals surface area contributed by atoms with Gasteiger partial charge in [0.2, 0.25) is 6.29 Å². The number of carbonyl (C=O) groups excluding carboxylic acids is 1. The van der Waals surface area contributed by atoms with Crippen LogP contribution in [0.25, 0.3) is 0 Å². The number of phenols is 1. The Morgan fingerprint density at radius 3 is 2.44 bits per heavy atom. The van der Waals surface area contributed by atoms with E-state index in [1.54, 1.807) is 24.3 Å². The first-order chi connectivity index (χ1) is 15.3. The number of hydrogen-bond acceptors (Lipinski definition) is 10. The molecule has 2 aliphatic heterocycles. The standard InChI is InChI=1S/C22H24O10/c1-29-15-6-11(24)7-16-18(15)13(25)8-14(31-16)10-2-4-12(5-3-10)30-22-21(28)20(27)19(26)17(9-23)32-22/h2-7,14,17,19-24,26-28H,8-9H2,1H3/t14-,17-,19-,20+,21-,22-/m1/s1. The van der Waals surface area contributed by atoms with Crippen LogP contribution in [0.2, 0.25) is 0 Å². The van der Waals surface area contributed by atoms with Crippen LogP contribution in [0.1, 0.15) is 28.4 Å². The number of Topliss-reactive ketones (excluding diaryl/α,β-unsaturated/α-hetero) is 1. The maximum Gasteiger partial charge on any atom is 0.229 e. The molecule has 0 saturated carbocycles. The van der Waals surface area contributed by atoms with Crippen molar-refractivity contribution in [2.24, 2.45) is 0 Å². The van der Waals surface area contributed by atoms with Gasteiger partial charge in [0.05, 0.1) is 20.1 Å². The summed E-state index contributed by atoms with van der Waals surface area (Å²) in [6.45, 7) is -0.557. The van der Waals surface area contributed by atoms with E-state index in [2.05, 4.69) is 0 Å². The predicted molar refractivity (Wildman–Crippen MR) is 108 cm³/mol. The lowest BCUT2D eigenvalue weighted by atomic mass is 9.95. The molecule has 32 heavy (non-hydrogen) atoms. The van der Waals surface area contributed by atoms with Crippen molar-refractivity contribution in [1.29, 1.82) is 0 Å². The Morgan fingerprint density at radius 2 is 1.78 bits per heavy atom. The molecule has 1 fully saturated rings. The summed E-state index contributed by atoms with van der Waals surface area (Å²) in [4.78, 5) is 12.7. The third kappa shape index (κ3) is 4.10. The molecule has 6 atom stereocenters. The first-order valence-corrected chi connectivity index (χ1v) is 10.0. The number of fused-ring (bicyclic) bond motifs is 1. The van der Waals surface area contributed by atoms with E-state index in [1.165, 1.54) is 19.2 Å². The maximum absolute atomic E-state index is 12.7. The van der Waals surface area contributed by atoms with E-state index < -0.39 is 43.4 Å². The summed E-state index contributed by atoms with van der Waals surface area (Å²) >= 11 is 0. The Labute approximate surface area is 183 Å². The molecular weight excluding hydrogens is 424 g/mol. The van der Waals surface area contributed by atoms with Gasteiger partial charge in [-0.1, -0.05) is 12.1 Å². The largest absolute Gasteiger partial charge is 0.508 e. The van der Waals surface area contributed by atoms with Crippen molar-refractivity contribution in [1.82, 2.24) is 0 Å². The van der Waals surface area contributed by atoms with Crippen molar-refractivity contribution < 1.29 is 49.3 Å². The van der Waals surface area contributed by atoms with E-state index in [1.807, 2.05) is 0 Å². The zero-order chi connectivity index (χ0) is 23.0. The summed E-state index contributed by atoms with van der Waals surface area (Å²) in [7, 11) is 1.41. The molecule has 1 saturated heterocycles. The smallest absolute Gasteiger partial charge is 0.229 e. The van der Waals surface area contributed by atoms with Gasteiger partial charge in [0.1, 0.15) is 59.1 Å². The Morgan fingerprint density at radius 1 is 1.06 bits per heavy atom. The minimum Gasteiger partial charge on any atom is -0.508 e. The van der Waals surface area contributed by atoms with Crippen LogP contribution in [-0.2, 0) is 4.74 Å². The normalized spacial score (nSPS) is 29.7. The van der Waals surface area contributed by atoms with Gasteiger partial charge in [-0.15, -0.1) is 0 Å². The van der Waals surface area contributed by atoms with Gasteiger partial charge >= 0.3 is 0 Å². The number of benzene rings is 2. The number of phenolic OH excluding ortho intramolecular Hbond substituents is 1. The van der Waals surface area contributed by atoms with E-state index in [9.17, 15) is 30.3 Å². The molecule has 2 heterocycles. The number of aliphatic hydroxyl groups excluding tert-OH is 4. The number of aromatic hydroxyl groups is 1. The summed E-state index contributed by atoms with van der Waals surface area (Å²) in [6.07, 6.45) is -7.44. The van der Waals surface area contributed by atoms with Gasteiger partial charge in [-0.25, -0.2) is 0 Å². The number of rotatable bonds is 5. The molecule has 2 aliphatic rings. The summed E-state index contributed by atoms with van der Waals surface area (Å²) in [5.74, 6) is 0.489. The summed E-state index contributed by atoms with van der Waals surface area (Å²) in [5, 5.41) is 49.0. The third-order valence-electron chi connectivity index (χ3n) is 5.54. The third-order valence-corrected chi connectivity index (χ3v) is 5.54. The summed E-state index contributed by atoms with van der Waals surface area (Å²) in [5.41, 5.74) is 0.955. The topological polar surface area (TPSA) is 155 Å². The molecule has 0 aromatic heterocycles. The molecule has 0 unspecified atom stereocenters. The Bertz CT molecular complexity index is 973. The number of hydrogen-bond donors (Lipinski definition) is 5. The first kappa shape index (κ1) is 22.3. The van der Waals surface area contributed by atoms with Gasteiger partial charge in [0.15, 0.2) is 5.78 Å². The van der Waals surface area contributed by atoms with Gasteiger partial charge in [0.25, 0.3) is 0 Å². The molecule has 10 nitrogen and oxygen atoms in total. The van der Waals surface area contributed by atoms with Crippen LogP contribution >= 0.6 is 0 Å². The minimum absolute atomic E-state index is 0.0705. The zero-order valence-corrected chi connectivity index (χ0v) is 17.1. The Balaban J connectivity index is 1.49.